The number of rotatable bonds is 5. The number of amides is 1. The Bertz CT molecular complexity index is 1420. The predicted octanol–water partition coefficient (Wildman–Crippen LogP) is 5.93. The molecule has 3 aromatic heterocycles. The van der Waals surface area contributed by atoms with Crippen molar-refractivity contribution in [2.24, 2.45) is 0 Å². The van der Waals surface area contributed by atoms with E-state index in [9.17, 15) is 4.79 Å². The average Bonchev–Trinajstić information content (AvgIpc) is 3.50. The molecule has 0 atom stereocenters. The van der Waals surface area contributed by atoms with Gasteiger partial charge in [0.25, 0.3) is 5.91 Å². The van der Waals surface area contributed by atoms with Gasteiger partial charge in [0.15, 0.2) is 5.13 Å². The average molecular weight is 452 g/mol. The van der Waals surface area contributed by atoms with Crippen LogP contribution in [-0.4, -0.2) is 25.7 Å². The van der Waals surface area contributed by atoms with Crippen molar-refractivity contribution in [3.63, 3.8) is 0 Å². The number of anilines is 1. The number of thiazole rings is 1. The molecule has 1 amide bonds. The maximum absolute atomic E-state index is 13.3. The molecular weight excluding hydrogens is 430 g/mol. The van der Waals surface area contributed by atoms with E-state index >= 15 is 0 Å². The number of para-hydroxylation sites is 1. The number of pyridine rings is 1. The van der Waals surface area contributed by atoms with Gasteiger partial charge in [-0.3, -0.25) is 15.1 Å². The Kier molecular flexibility index (Phi) is 5.54. The van der Waals surface area contributed by atoms with Crippen LogP contribution in [0.1, 0.15) is 21.6 Å². The van der Waals surface area contributed by atoms with Gasteiger partial charge in [-0.1, -0.05) is 54.6 Å². The number of hydrogen-bond acceptors (Lipinski definition) is 5. The Morgan fingerprint density at radius 3 is 2.33 bits per heavy atom. The lowest BCUT2D eigenvalue weighted by Gasteiger charge is -2.03. The normalized spacial score (nSPS) is 10.8. The lowest BCUT2D eigenvalue weighted by Crippen LogP contribution is -2.12. The molecule has 33 heavy (non-hydrogen) atoms. The van der Waals surface area contributed by atoms with E-state index < -0.39 is 0 Å². The van der Waals surface area contributed by atoms with Gasteiger partial charge < -0.3 is 0 Å². The second kappa shape index (κ2) is 8.80. The number of nitrogens with zero attached hydrogens (tertiary/aromatic N) is 4. The first-order chi connectivity index (χ1) is 16.1. The van der Waals surface area contributed by atoms with Crippen LogP contribution in [-0.2, 0) is 0 Å². The monoisotopic (exact) mass is 451 g/mol. The number of carbonyl (C=O) groups is 1. The molecule has 6 nitrogen and oxygen atoms in total. The number of carbonyl (C=O) groups excluding carboxylic acids is 1. The molecule has 0 fully saturated rings. The molecule has 5 rings (SSSR count). The van der Waals surface area contributed by atoms with E-state index in [4.69, 9.17) is 5.10 Å². The second-order valence-electron chi connectivity index (χ2n) is 7.63. The highest BCUT2D eigenvalue weighted by Crippen LogP contribution is 2.27. The Morgan fingerprint density at radius 2 is 1.61 bits per heavy atom. The van der Waals surface area contributed by atoms with Crippen LogP contribution in [0.2, 0.25) is 0 Å². The number of aromatic nitrogens is 4. The topological polar surface area (TPSA) is 72.7 Å². The van der Waals surface area contributed by atoms with Crippen LogP contribution in [0.5, 0.6) is 0 Å². The Labute approximate surface area is 195 Å². The van der Waals surface area contributed by atoms with Crippen LogP contribution in [0, 0.1) is 13.8 Å². The smallest absolute Gasteiger partial charge is 0.261 e. The zero-order valence-corrected chi connectivity index (χ0v) is 19.0. The van der Waals surface area contributed by atoms with Gasteiger partial charge in [-0.05, 0) is 37.6 Å². The standard InChI is InChI=1S/C26H21N5OS/c1-17-13-14-22(27-18(17)2)23-16-33-26(28-23)29-25(32)21-15-31(20-11-7-4-8-12-20)30-24(21)19-9-5-3-6-10-19/h3-16H,1-2H3,(H,28,29,32). The molecule has 0 spiro atoms. The summed E-state index contributed by atoms with van der Waals surface area (Å²) in [6.45, 7) is 4.00. The fourth-order valence-electron chi connectivity index (χ4n) is 3.45. The highest BCUT2D eigenvalue weighted by Gasteiger charge is 2.20. The molecule has 5 aromatic rings. The van der Waals surface area contributed by atoms with Crippen molar-refractivity contribution in [2.75, 3.05) is 5.32 Å². The molecule has 0 saturated heterocycles. The van der Waals surface area contributed by atoms with E-state index in [2.05, 4.69) is 15.3 Å². The van der Waals surface area contributed by atoms with Crippen molar-refractivity contribution in [3.8, 4) is 28.3 Å². The van der Waals surface area contributed by atoms with Gasteiger partial charge in [-0.2, -0.15) is 5.10 Å². The molecule has 0 aliphatic rings. The molecular formula is C26H21N5OS. The van der Waals surface area contributed by atoms with Gasteiger partial charge in [0, 0.05) is 22.8 Å². The molecule has 2 aromatic carbocycles. The Balaban J connectivity index is 1.46. The molecule has 0 saturated carbocycles. The number of hydrogen-bond donors (Lipinski definition) is 1. The summed E-state index contributed by atoms with van der Waals surface area (Å²) in [5.74, 6) is -0.259. The van der Waals surface area contributed by atoms with Crippen LogP contribution >= 0.6 is 11.3 Å². The molecule has 1 N–H and O–H groups in total. The highest BCUT2D eigenvalue weighted by atomic mass is 32.1. The zero-order chi connectivity index (χ0) is 22.8. The molecule has 0 bridgehead atoms. The minimum absolute atomic E-state index is 0.259. The number of aryl methyl sites for hydroxylation is 2. The number of benzene rings is 2. The molecule has 0 aliphatic carbocycles. The van der Waals surface area contributed by atoms with Crippen molar-refractivity contribution < 1.29 is 4.79 Å². The fourth-order valence-corrected chi connectivity index (χ4v) is 4.15. The molecule has 3 heterocycles. The van der Waals surface area contributed by atoms with Crippen molar-refractivity contribution in [2.45, 2.75) is 13.8 Å². The summed E-state index contributed by atoms with van der Waals surface area (Å²) in [6.07, 6.45) is 1.76. The van der Waals surface area contributed by atoms with E-state index in [0.29, 0.717) is 16.4 Å². The van der Waals surface area contributed by atoms with Crippen LogP contribution < -0.4 is 5.32 Å². The summed E-state index contributed by atoms with van der Waals surface area (Å²) in [5.41, 5.74) is 6.47. The van der Waals surface area contributed by atoms with Gasteiger partial charge in [0.1, 0.15) is 11.4 Å². The third-order valence-corrected chi connectivity index (χ3v) is 6.12. The van der Waals surface area contributed by atoms with Gasteiger partial charge in [-0.25, -0.2) is 9.67 Å². The Hall–Kier alpha value is -4.10. The maximum atomic E-state index is 13.3. The third-order valence-electron chi connectivity index (χ3n) is 5.36. The minimum atomic E-state index is -0.259. The quantitative estimate of drug-likeness (QED) is 0.360. The van der Waals surface area contributed by atoms with E-state index in [-0.39, 0.29) is 5.91 Å². The first-order valence-corrected chi connectivity index (χ1v) is 11.4. The number of nitrogens with one attached hydrogen (secondary N) is 1. The van der Waals surface area contributed by atoms with Crippen molar-refractivity contribution in [3.05, 3.63) is 101 Å². The lowest BCUT2D eigenvalue weighted by atomic mass is 10.1. The highest BCUT2D eigenvalue weighted by molar-refractivity contribution is 7.14. The molecule has 0 radical (unpaired) electrons. The van der Waals surface area contributed by atoms with Crippen molar-refractivity contribution in [1.29, 1.82) is 0 Å². The van der Waals surface area contributed by atoms with Crippen LogP contribution in [0.15, 0.2) is 84.4 Å². The van der Waals surface area contributed by atoms with E-state index in [1.165, 1.54) is 11.3 Å². The predicted molar refractivity (Wildman–Crippen MR) is 132 cm³/mol. The molecule has 0 aliphatic heterocycles. The van der Waals surface area contributed by atoms with Crippen molar-refractivity contribution in [1.82, 2.24) is 19.7 Å². The van der Waals surface area contributed by atoms with Gasteiger partial charge in [0.2, 0.25) is 0 Å². The van der Waals surface area contributed by atoms with Gasteiger partial charge >= 0.3 is 0 Å². The van der Waals surface area contributed by atoms with Crippen LogP contribution in [0.3, 0.4) is 0 Å². The Morgan fingerprint density at radius 1 is 0.879 bits per heavy atom. The van der Waals surface area contributed by atoms with E-state index in [0.717, 1.165) is 33.9 Å². The summed E-state index contributed by atoms with van der Waals surface area (Å²) in [7, 11) is 0. The molecule has 162 valence electrons. The zero-order valence-electron chi connectivity index (χ0n) is 18.2. The first-order valence-electron chi connectivity index (χ1n) is 10.5. The molecule has 0 unspecified atom stereocenters. The summed E-state index contributed by atoms with van der Waals surface area (Å²) >= 11 is 1.37. The molecule has 7 heteroatoms. The minimum Gasteiger partial charge on any atom is -0.298 e. The lowest BCUT2D eigenvalue weighted by molar-refractivity contribution is 0.102. The van der Waals surface area contributed by atoms with Gasteiger partial charge in [0.05, 0.1) is 16.9 Å². The van der Waals surface area contributed by atoms with Gasteiger partial charge in [-0.15, -0.1) is 11.3 Å². The first kappa shape index (κ1) is 20.8. The summed E-state index contributed by atoms with van der Waals surface area (Å²) in [6, 6.07) is 23.4. The van der Waals surface area contributed by atoms with Crippen LogP contribution in [0.4, 0.5) is 5.13 Å². The summed E-state index contributed by atoms with van der Waals surface area (Å²) in [4.78, 5) is 22.5. The van der Waals surface area contributed by atoms with Crippen molar-refractivity contribution >= 4 is 22.4 Å². The van der Waals surface area contributed by atoms with E-state index in [1.54, 1.807) is 10.9 Å². The largest absolute Gasteiger partial charge is 0.298 e. The van der Waals surface area contributed by atoms with Crippen LogP contribution in [0.25, 0.3) is 28.3 Å². The maximum Gasteiger partial charge on any atom is 0.261 e. The second-order valence-corrected chi connectivity index (χ2v) is 8.49. The third kappa shape index (κ3) is 4.31. The SMILES string of the molecule is Cc1ccc(-c2csc(NC(=O)c3cn(-c4ccccc4)nc3-c3ccccc3)n2)nc1C. The fraction of sp³-hybridized carbons (Fsp3) is 0.0769. The van der Waals surface area contributed by atoms with E-state index in [1.807, 2.05) is 92.0 Å². The summed E-state index contributed by atoms with van der Waals surface area (Å²) in [5, 5.41) is 10.1. The summed E-state index contributed by atoms with van der Waals surface area (Å²) < 4.78 is 1.73.